The molecule has 0 spiro atoms. The first kappa shape index (κ1) is 10.5. The van der Waals surface area contributed by atoms with E-state index >= 15 is 0 Å². The van der Waals surface area contributed by atoms with Gasteiger partial charge in [0.2, 0.25) is 0 Å². The molecule has 1 atom stereocenters. The summed E-state index contributed by atoms with van der Waals surface area (Å²) in [6.07, 6.45) is 1.82. The molecule has 0 aliphatic rings. The Balaban J connectivity index is 2.61. The fourth-order valence-electron chi connectivity index (χ4n) is 1.17. The van der Waals surface area contributed by atoms with E-state index in [0.29, 0.717) is 6.04 Å². The molecule has 1 aromatic heterocycles. The first-order chi connectivity index (χ1) is 6.29. The molecule has 0 saturated heterocycles. The summed E-state index contributed by atoms with van der Waals surface area (Å²) in [5.41, 5.74) is 1.14. The number of hydrogen-bond donors (Lipinski definition) is 1. The fraction of sp³-hybridized carbons (Fsp3) is 0.750. The maximum absolute atomic E-state index is 3.91. The SMILES string of the molecule is CCSCC(NC)c1cnnn1C. The van der Waals surface area contributed by atoms with E-state index in [0.717, 1.165) is 17.2 Å². The summed E-state index contributed by atoms with van der Waals surface area (Å²) in [6.45, 7) is 2.17. The second-order valence-electron chi connectivity index (χ2n) is 2.78. The number of nitrogens with one attached hydrogen (secondary N) is 1. The van der Waals surface area contributed by atoms with Gasteiger partial charge in [0.25, 0.3) is 0 Å². The second kappa shape index (κ2) is 5.24. The molecule has 0 aromatic carbocycles. The molecule has 1 N–H and O–H groups in total. The van der Waals surface area contributed by atoms with E-state index in [9.17, 15) is 0 Å². The van der Waals surface area contributed by atoms with Gasteiger partial charge in [0.15, 0.2) is 0 Å². The summed E-state index contributed by atoms with van der Waals surface area (Å²) in [6, 6.07) is 0.352. The Labute approximate surface area is 83.1 Å². The van der Waals surface area contributed by atoms with Gasteiger partial charge >= 0.3 is 0 Å². The highest BCUT2D eigenvalue weighted by molar-refractivity contribution is 7.99. The summed E-state index contributed by atoms with van der Waals surface area (Å²) >= 11 is 1.92. The van der Waals surface area contributed by atoms with Gasteiger partial charge in [-0.25, -0.2) is 0 Å². The lowest BCUT2D eigenvalue weighted by Crippen LogP contribution is -2.21. The van der Waals surface area contributed by atoms with Gasteiger partial charge in [-0.3, -0.25) is 4.68 Å². The lowest BCUT2D eigenvalue weighted by atomic mass is 10.2. The van der Waals surface area contributed by atoms with Crippen LogP contribution in [0.25, 0.3) is 0 Å². The third-order valence-corrected chi connectivity index (χ3v) is 2.92. The molecule has 4 nitrogen and oxygen atoms in total. The van der Waals surface area contributed by atoms with E-state index in [2.05, 4.69) is 22.6 Å². The van der Waals surface area contributed by atoms with Crippen LogP contribution in [0.3, 0.4) is 0 Å². The van der Waals surface area contributed by atoms with Crippen LogP contribution in [0.15, 0.2) is 6.20 Å². The molecule has 0 aliphatic heterocycles. The average Bonchev–Trinajstić information content (AvgIpc) is 2.54. The quantitative estimate of drug-likeness (QED) is 0.764. The van der Waals surface area contributed by atoms with Gasteiger partial charge in [-0.2, -0.15) is 11.8 Å². The minimum Gasteiger partial charge on any atom is -0.311 e. The van der Waals surface area contributed by atoms with Gasteiger partial charge in [-0.15, -0.1) is 5.10 Å². The van der Waals surface area contributed by atoms with Crippen LogP contribution >= 0.6 is 11.8 Å². The molecule has 0 saturated carbocycles. The molecule has 1 aromatic rings. The standard InChI is InChI=1S/C8H16N4S/c1-4-13-6-7(9-2)8-5-10-11-12(8)3/h5,7,9H,4,6H2,1-3H3. The van der Waals surface area contributed by atoms with E-state index in [1.54, 1.807) is 0 Å². The molecule has 1 rings (SSSR count). The maximum atomic E-state index is 3.91. The summed E-state index contributed by atoms with van der Waals surface area (Å²) < 4.78 is 1.82. The highest BCUT2D eigenvalue weighted by Crippen LogP contribution is 2.15. The number of rotatable bonds is 5. The topological polar surface area (TPSA) is 42.7 Å². The van der Waals surface area contributed by atoms with Gasteiger partial charge in [0.1, 0.15) is 0 Å². The number of thioether (sulfide) groups is 1. The van der Waals surface area contributed by atoms with Crippen LogP contribution in [0.2, 0.25) is 0 Å². The molecular formula is C8H16N4S. The monoisotopic (exact) mass is 200 g/mol. The summed E-state index contributed by atoms with van der Waals surface area (Å²) in [5.74, 6) is 2.21. The number of aryl methyl sites for hydroxylation is 1. The van der Waals surface area contributed by atoms with Crippen LogP contribution in [0, 0.1) is 0 Å². The third kappa shape index (κ3) is 2.70. The van der Waals surface area contributed by atoms with Crippen molar-refractivity contribution in [2.75, 3.05) is 18.6 Å². The zero-order chi connectivity index (χ0) is 9.68. The minimum absolute atomic E-state index is 0.352. The molecule has 0 bridgehead atoms. The summed E-state index contributed by atoms with van der Waals surface area (Å²) in [4.78, 5) is 0. The van der Waals surface area contributed by atoms with Crippen molar-refractivity contribution >= 4 is 11.8 Å². The van der Waals surface area contributed by atoms with Gasteiger partial charge < -0.3 is 5.32 Å². The van der Waals surface area contributed by atoms with Crippen molar-refractivity contribution < 1.29 is 0 Å². The lowest BCUT2D eigenvalue weighted by molar-refractivity contribution is 0.580. The smallest absolute Gasteiger partial charge is 0.0761 e. The molecule has 1 heterocycles. The molecule has 0 fully saturated rings. The number of aromatic nitrogens is 3. The van der Waals surface area contributed by atoms with Gasteiger partial charge in [0, 0.05) is 12.8 Å². The zero-order valence-electron chi connectivity index (χ0n) is 8.32. The first-order valence-corrected chi connectivity index (χ1v) is 5.54. The first-order valence-electron chi connectivity index (χ1n) is 4.39. The molecular weight excluding hydrogens is 184 g/mol. The predicted molar refractivity (Wildman–Crippen MR) is 55.8 cm³/mol. The normalized spacial score (nSPS) is 13.2. The van der Waals surface area contributed by atoms with Crippen LogP contribution in [0.5, 0.6) is 0 Å². The van der Waals surface area contributed by atoms with Gasteiger partial charge in [-0.05, 0) is 12.8 Å². The van der Waals surface area contributed by atoms with Crippen LogP contribution in [0.1, 0.15) is 18.7 Å². The number of hydrogen-bond acceptors (Lipinski definition) is 4. The molecule has 0 amide bonds. The van der Waals surface area contributed by atoms with Crippen molar-refractivity contribution in [3.8, 4) is 0 Å². The second-order valence-corrected chi connectivity index (χ2v) is 4.10. The maximum Gasteiger partial charge on any atom is 0.0761 e. The summed E-state index contributed by atoms with van der Waals surface area (Å²) in [5, 5.41) is 11.0. The Morgan fingerprint density at radius 2 is 2.46 bits per heavy atom. The molecule has 13 heavy (non-hydrogen) atoms. The van der Waals surface area contributed by atoms with Crippen LogP contribution in [-0.2, 0) is 7.05 Å². The van der Waals surface area contributed by atoms with E-state index in [-0.39, 0.29) is 0 Å². The molecule has 0 radical (unpaired) electrons. The van der Waals surface area contributed by atoms with E-state index in [4.69, 9.17) is 0 Å². The Morgan fingerprint density at radius 3 is 2.92 bits per heavy atom. The Kier molecular flexibility index (Phi) is 4.24. The fourth-order valence-corrected chi connectivity index (χ4v) is 1.97. The van der Waals surface area contributed by atoms with Crippen molar-refractivity contribution in [3.63, 3.8) is 0 Å². The minimum atomic E-state index is 0.352. The van der Waals surface area contributed by atoms with E-state index in [1.807, 2.05) is 36.7 Å². The predicted octanol–water partition coefficient (Wildman–Crippen LogP) is 0.829. The highest BCUT2D eigenvalue weighted by Gasteiger charge is 2.12. The van der Waals surface area contributed by atoms with Crippen LogP contribution < -0.4 is 5.32 Å². The van der Waals surface area contributed by atoms with Gasteiger partial charge in [-0.1, -0.05) is 12.1 Å². The zero-order valence-corrected chi connectivity index (χ0v) is 9.14. The molecule has 0 aliphatic carbocycles. The van der Waals surface area contributed by atoms with Crippen molar-refractivity contribution in [3.05, 3.63) is 11.9 Å². The Hall–Kier alpha value is -0.550. The van der Waals surface area contributed by atoms with E-state index < -0.39 is 0 Å². The molecule has 74 valence electrons. The van der Waals surface area contributed by atoms with Crippen molar-refractivity contribution in [1.82, 2.24) is 20.3 Å². The Bertz CT molecular complexity index is 248. The highest BCUT2D eigenvalue weighted by atomic mass is 32.2. The van der Waals surface area contributed by atoms with Crippen molar-refractivity contribution in [1.29, 1.82) is 0 Å². The van der Waals surface area contributed by atoms with Crippen LogP contribution in [-0.4, -0.2) is 33.5 Å². The average molecular weight is 200 g/mol. The largest absolute Gasteiger partial charge is 0.311 e. The lowest BCUT2D eigenvalue weighted by Gasteiger charge is -2.14. The summed E-state index contributed by atoms with van der Waals surface area (Å²) in [7, 11) is 3.89. The third-order valence-electron chi connectivity index (χ3n) is 1.94. The van der Waals surface area contributed by atoms with E-state index in [1.165, 1.54) is 0 Å². The molecule has 1 unspecified atom stereocenters. The van der Waals surface area contributed by atoms with Crippen molar-refractivity contribution in [2.24, 2.45) is 7.05 Å². The van der Waals surface area contributed by atoms with Crippen molar-refractivity contribution in [2.45, 2.75) is 13.0 Å². The Morgan fingerprint density at radius 1 is 1.69 bits per heavy atom. The van der Waals surface area contributed by atoms with Gasteiger partial charge in [0.05, 0.1) is 17.9 Å². The number of nitrogens with zero attached hydrogens (tertiary/aromatic N) is 3. The van der Waals surface area contributed by atoms with Crippen LogP contribution in [0.4, 0.5) is 0 Å². The molecule has 5 heteroatoms.